The van der Waals surface area contributed by atoms with Crippen molar-refractivity contribution in [2.75, 3.05) is 0 Å². The van der Waals surface area contributed by atoms with E-state index in [0.717, 1.165) is 0 Å². The second-order valence-electron chi connectivity index (χ2n) is 5.69. The second kappa shape index (κ2) is 7.42. The fourth-order valence-corrected chi connectivity index (χ4v) is 2.97. The summed E-state index contributed by atoms with van der Waals surface area (Å²) >= 11 is 0. The van der Waals surface area contributed by atoms with Gasteiger partial charge in [0.25, 0.3) is 9.05 Å². The molecule has 1 rings (SSSR count). The van der Waals surface area contributed by atoms with Crippen molar-refractivity contribution < 1.29 is 22.6 Å². The van der Waals surface area contributed by atoms with Crippen LogP contribution < -0.4 is 14.2 Å². The summed E-state index contributed by atoms with van der Waals surface area (Å²) in [5.74, 6) is 0.711. The molecular weight excluding hydrogens is 328 g/mol. The molecule has 0 saturated heterocycles. The molecule has 0 saturated carbocycles. The van der Waals surface area contributed by atoms with Gasteiger partial charge in [-0.2, -0.15) is 0 Å². The van der Waals surface area contributed by atoms with E-state index in [2.05, 4.69) is 0 Å². The van der Waals surface area contributed by atoms with Crippen LogP contribution in [0.15, 0.2) is 17.0 Å². The van der Waals surface area contributed by atoms with E-state index in [1.807, 2.05) is 13.8 Å². The highest BCUT2D eigenvalue weighted by atomic mass is 35.7. The summed E-state index contributed by atoms with van der Waals surface area (Å²) < 4.78 is 40.7. The predicted molar refractivity (Wildman–Crippen MR) is 86.8 cm³/mol. The lowest BCUT2D eigenvalue weighted by Gasteiger charge is -2.20. The first-order valence-corrected chi connectivity index (χ1v) is 9.44. The highest BCUT2D eigenvalue weighted by Gasteiger charge is 2.26. The van der Waals surface area contributed by atoms with Crippen LogP contribution in [0, 0.1) is 0 Å². The predicted octanol–water partition coefficient (Wildman–Crippen LogP) is 3.98. The average Bonchev–Trinajstić information content (AvgIpc) is 2.22. The maximum atomic E-state index is 11.9. The minimum absolute atomic E-state index is 0.0720. The van der Waals surface area contributed by atoms with Crippen molar-refractivity contribution in [3.63, 3.8) is 0 Å². The first-order valence-electron chi connectivity index (χ1n) is 7.13. The Hall–Kier alpha value is -1.14. The van der Waals surface area contributed by atoms with Crippen molar-refractivity contribution in [3.8, 4) is 17.2 Å². The fourth-order valence-electron chi connectivity index (χ4n) is 1.82. The van der Waals surface area contributed by atoms with Crippen LogP contribution in [0.25, 0.3) is 0 Å². The van der Waals surface area contributed by atoms with Crippen LogP contribution >= 0.6 is 10.7 Å². The van der Waals surface area contributed by atoms with E-state index >= 15 is 0 Å². The Labute approximate surface area is 136 Å². The highest BCUT2D eigenvalue weighted by Crippen LogP contribution is 2.40. The van der Waals surface area contributed by atoms with Crippen LogP contribution in [0.5, 0.6) is 17.2 Å². The number of benzene rings is 1. The first kappa shape index (κ1) is 18.9. The van der Waals surface area contributed by atoms with Gasteiger partial charge in [-0.15, -0.1) is 0 Å². The lowest BCUT2D eigenvalue weighted by molar-refractivity contribution is 0.207. The van der Waals surface area contributed by atoms with Crippen molar-refractivity contribution in [1.82, 2.24) is 0 Å². The summed E-state index contributed by atoms with van der Waals surface area (Å²) in [6.45, 7) is 10.9. The lowest BCUT2D eigenvalue weighted by atomic mass is 10.2. The average molecular weight is 351 g/mol. The van der Waals surface area contributed by atoms with Gasteiger partial charge in [0, 0.05) is 22.8 Å². The molecular formula is C15H23ClO5S. The molecule has 0 N–H and O–H groups in total. The molecule has 22 heavy (non-hydrogen) atoms. The minimum atomic E-state index is -4.03. The smallest absolute Gasteiger partial charge is 0.268 e. The van der Waals surface area contributed by atoms with Gasteiger partial charge < -0.3 is 14.2 Å². The monoisotopic (exact) mass is 350 g/mol. The van der Waals surface area contributed by atoms with Gasteiger partial charge in [0.1, 0.15) is 17.2 Å². The number of rotatable bonds is 7. The number of halogens is 1. The first-order chi connectivity index (χ1) is 10.0. The molecule has 0 unspecified atom stereocenters. The van der Waals surface area contributed by atoms with Crippen LogP contribution in [0.1, 0.15) is 41.5 Å². The Morgan fingerprint density at radius 2 is 1.18 bits per heavy atom. The lowest BCUT2D eigenvalue weighted by Crippen LogP contribution is -2.14. The van der Waals surface area contributed by atoms with Gasteiger partial charge in [-0.05, 0) is 41.5 Å². The topological polar surface area (TPSA) is 61.8 Å². The van der Waals surface area contributed by atoms with Gasteiger partial charge in [0.2, 0.25) is 0 Å². The molecule has 0 amide bonds. The Balaban J connectivity index is 3.53. The third kappa shape index (κ3) is 5.57. The third-order valence-electron chi connectivity index (χ3n) is 2.34. The van der Waals surface area contributed by atoms with Gasteiger partial charge in [-0.3, -0.25) is 0 Å². The number of hydrogen-bond donors (Lipinski definition) is 0. The molecule has 0 aliphatic heterocycles. The maximum Gasteiger partial charge on any atom is 0.268 e. The van der Waals surface area contributed by atoms with Crippen LogP contribution in [0.2, 0.25) is 0 Å². The molecule has 7 heteroatoms. The Kier molecular flexibility index (Phi) is 6.38. The molecule has 126 valence electrons. The fraction of sp³-hybridized carbons (Fsp3) is 0.600. The van der Waals surface area contributed by atoms with E-state index in [1.165, 1.54) is 12.1 Å². The Bertz CT molecular complexity index is 577. The van der Waals surface area contributed by atoms with E-state index in [0.29, 0.717) is 5.75 Å². The maximum absolute atomic E-state index is 11.9. The molecule has 0 spiro atoms. The van der Waals surface area contributed by atoms with Crippen molar-refractivity contribution in [2.45, 2.75) is 64.7 Å². The minimum Gasteiger partial charge on any atom is -0.491 e. The molecule has 0 radical (unpaired) electrons. The van der Waals surface area contributed by atoms with Gasteiger partial charge in [-0.25, -0.2) is 8.42 Å². The molecule has 1 aromatic carbocycles. The van der Waals surface area contributed by atoms with Crippen molar-refractivity contribution >= 4 is 19.7 Å². The molecule has 0 bridgehead atoms. The zero-order valence-electron chi connectivity index (χ0n) is 13.7. The normalized spacial score (nSPS) is 12.1. The molecule has 0 heterocycles. The zero-order valence-corrected chi connectivity index (χ0v) is 15.3. The Morgan fingerprint density at radius 1 is 0.818 bits per heavy atom. The summed E-state index contributed by atoms with van der Waals surface area (Å²) in [7, 11) is 1.53. The quantitative estimate of drug-likeness (QED) is 0.696. The molecule has 0 atom stereocenters. The molecule has 5 nitrogen and oxygen atoms in total. The number of hydrogen-bond acceptors (Lipinski definition) is 5. The summed E-state index contributed by atoms with van der Waals surface area (Å²) in [5, 5.41) is 0. The largest absolute Gasteiger partial charge is 0.491 e. The Morgan fingerprint density at radius 3 is 1.45 bits per heavy atom. The van der Waals surface area contributed by atoms with Gasteiger partial charge >= 0.3 is 0 Å². The summed E-state index contributed by atoms with van der Waals surface area (Å²) in [6.07, 6.45) is -0.519. The van der Waals surface area contributed by atoms with Crippen LogP contribution in [0.4, 0.5) is 0 Å². The van der Waals surface area contributed by atoms with Crippen molar-refractivity contribution in [1.29, 1.82) is 0 Å². The van der Waals surface area contributed by atoms with E-state index in [4.69, 9.17) is 24.9 Å². The second-order valence-corrected chi connectivity index (χ2v) is 8.19. The highest BCUT2D eigenvalue weighted by molar-refractivity contribution is 8.13. The van der Waals surface area contributed by atoms with E-state index in [9.17, 15) is 8.42 Å². The molecule has 0 aromatic heterocycles. The standard InChI is InChI=1S/C15H23ClO5S/c1-9(2)19-12-7-13(20-10(3)4)15(22(16,17)18)14(8-12)21-11(5)6/h7-11H,1-6H3. The summed E-state index contributed by atoms with van der Waals surface area (Å²) in [5.41, 5.74) is 0. The zero-order chi connectivity index (χ0) is 17.1. The molecule has 0 fully saturated rings. The van der Waals surface area contributed by atoms with E-state index in [-0.39, 0.29) is 34.7 Å². The van der Waals surface area contributed by atoms with Gasteiger partial charge in [-0.1, -0.05) is 0 Å². The number of ether oxygens (including phenoxy) is 3. The van der Waals surface area contributed by atoms with E-state index < -0.39 is 9.05 Å². The third-order valence-corrected chi connectivity index (χ3v) is 3.69. The molecule has 0 aliphatic carbocycles. The SMILES string of the molecule is CC(C)Oc1cc(OC(C)C)c(S(=O)(=O)Cl)c(OC(C)C)c1. The summed E-state index contributed by atoms with van der Waals surface area (Å²) in [6, 6.07) is 3.03. The van der Waals surface area contributed by atoms with Crippen LogP contribution in [0.3, 0.4) is 0 Å². The van der Waals surface area contributed by atoms with Gasteiger partial charge in [0.15, 0.2) is 4.90 Å². The molecule has 0 aliphatic rings. The van der Waals surface area contributed by atoms with Crippen molar-refractivity contribution in [2.24, 2.45) is 0 Å². The van der Waals surface area contributed by atoms with Crippen LogP contribution in [-0.4, -0.2) is 26.7 Å². The van der Waals surface area contributed by atoms with E-state index in [1.54, 1.807) is 27.7 Å². The van der Waals surface area contributed by atoms with Crippen molar-refractivity contribution in [3.05, 3.63) is 12.1 Å². The molecule has 1 aromatic rings. The van der Waals surface area contributed by atoms with Gasteiger partial charge in [0.05, 0.1) is 18.3 Å². The summed E-state index contributed by atoms with van der Waals surface area (Å²) in [4.78, 5) is -0.173. The van der Waals surface area contributed by atoms with Crippen LogP contribution in [-0.2, 0) is 9.05 Å².